The van der Waals surface area contributed by atoms with Crippen molar-refractivity contribution in [2.24, 2.45) is 11.7 Å². The Bertz CT molecular complexity index is 208. The van der Waals surface area contributed by atoms with Gasteiger partial charge >= 0.3 is 6.18 Å². The van der Waals surface area contributed by atoms with Gasteiger partial charge < -0.3 is 10.6 Å². The van der Waals surface area contributed by atoms with E-state index in [9.17, 15) is 13.2 Å². The molecular formula is C8H16F3N3S. The third-order valence-electron chi connectivity index (χ3n) is 1.94. The molecule has 3 nitrogen and oxygen atoms in total. The lowest BCUT2D eigenvalue weighted by atomic mass is 10.1. The van der Waals surface area contributed by atoms with Gasteiger partial charge in [-0.3, -0.25) is 5.41 Å². The number of hydrogen-bond donors (Lipinski definition) is 2. The fourth-order valence-corrected chi connectivity index (χ4v) is 1.52. The zero-order chi connectivity index (χ0) is 12.1. The molecule has 0 spiro atoms. The van der Waals surface area contributed by atoms with E-state index in [1.807, 2.05) is 6.26 Å². The summed E-state index contributed by atoms with van der Waals surface area (Å²) < 4.78 is 37.2. The number of nitrogens with zero attached hydrogens (tertiary/aromatic N) is 1. The quantitative estimate of drug-likeness (QED) is 0.547. The SMILES string of the molecule is CSCCN(C)CC(C(=N)N)C(F)(F)F. The van der Waals surface area contributed by atoms with E-state index in [-0.39, 0.29) is 6.54 Å². The average molecular weight is 243 g/mol. The summed E-state index contributed by atoms with van der Waals surface area (Å²) in [5.41, 5.74) is 4.93. The van der Waals surface area contributed by atoms with E-state index in [2.05, 4.69) is 0 Å². The molecule has 0 saturated carbocycles. The van der Waals surface area contributed by atoms with Crippen molar-refractivity contribution in [3.63, 3.8) is 0 Å². The third-order valence-corrected chi connectivity index (χ3v) is 2.53. The van der Waals surface area contributed by atoms with Gasteiger partial charge in [-0.2, -0.15) is 24.9 Å². The number of amidine groups is 1. The van der Waals surface area contributed by atoms with E-state index in [1.165, 1.54) is 4.90 Å². The van der Waals surface area contributed by atoms with Crippen molar-refractivity contribution in [2.45, 2.75) is 6.18 Å². The molecule has 0 aliphatic carbocycles. The van der Waals surface area contributed by atoms with Crippen LogP contribution in [0.15, 0.2) is 0 Å². The molecule has 7 heteroatoms. The topological polar surface area (TPSA) is 53.1 Å². The molecule has 1 atom stereocenters. The Morgan fingerprint density at radius 1 is 1.53 bits per heavy atom. The van der Waals surface area contributed by atoms with Crippen LogP contribution < -0.4 is 5.73 Å². The molecule has 0 aliphatic heterocycles. The minimum Gasteiger partial charge on any atom is -0.387 e. The lowest BCUT2D eigenvalue weighted by Gasteiger charge is -2.24. The van der Waals surface area contributed by atoms with Gasteiger partial charge in [-0.25, -0.2) is 0 Å². The molecule has 3 N–H and O–H groups in total. The number of nitrogens with two attached hydrogens (primary N) is 1. The zero-order valence-corrected chi connectivity index (χ0v) is 9.58. The monoisotopic (exact) mass is 243 g/mol. The second-order valence-corrected chi connectivity index (χ2v) is 4.29. The lowest BCUT2D eigenvalue weighted by molar-refractivity contribution is -0.159. The van der Waals surface area contributed by atoms with Crippen LogP contribution in [0.2, 0.25) is 0 Å². The standard InChI is InChI=1S/C8H16F3N3S/c1-14(3-4-15-2)5-6(7(12)13)8(9,10)11/h6H,3-5H2,1-2H3,(H3,12,13). The predicted octanol–water partition coefficient (Wildman–Crippen LogP) is 1.40. The Balaban J connectivity index is 4.24. The van der Waals surface area contributed by atoms with Crippen molar-refractivity contribution in [3.8, 4) is 0 Å². The molecule has 0 heterocycles. The molecule has 0 aromatic carbocycles. The number of rotatable bonds is 6. The Hall–Kier alpha value is -0.430. The number of thioether (sulfide) groups is 1. The molecule has 0 saturated heterocycles. The van der Waals surface area contributed by atoms with Gasteiger partial charge in [0.2, 0.25) is 0 Å². The van der Waals surface area contributed by atoms with Crippen molar-refractivity contribution in [1.82, 2.24) is 4.90 Å². The number of nitrogens with one attached hydrogen (secondary N) is 1. The minimum absolute atomic E-state index is 0.251. The van der Waals surface area contributed by atoms with E-state index in [0.717, 1.165) is 5.75 Å². The molecule has 1 unspecified atom stereocenters. The van der Waals surface area contributed by atoms with Crippen LogP contribution in [-0.4, -0.2) is 49.1 Å². The predicted molar refractivity (Wildman–Crippen MR) is 57.3 cm³/mol. The van der Waals surface area contributed by atoms with E-state index >= 15 is 0 Å². The van der Waals surface area contributed by atoms with Crippen molar-refractivity contribution in [1.29, 1.82) is 5.41 Å². The molecule has 0 aromatic rings. The molecular weight excluding hydrogens is 227 g/mol. The Kier molecular flexibility index (Phi) is 6.04. The zero-order valence-electron chi connectivity index (χ0n) is 8.77. The van der Waals surface area contributed by atoms with Crippen LogP contribution in [0.5, 0.6) is 0 Å². The smallest absolute Gasteiger partial charge is 0.387 e. The maximum absolute atomic E-state index is 12.4. The maximum Gasteiger partial charge on any atom is 0.399 e. The second-order valence-electron chi connectivity index (χ2n) is 3.30. The van der Waals surface area contributed by atoms with Crippen LogP contribution in [0, 0.1) is 11.3 Å². The Morgan fingerprint density at radius 3 is 2.40 bits per heavy atom. The first-order valence-corrected chi connectivity index (χ1v) is 5.76. The first-order valence-electron chi connectivity index (χ1n) is 4.37. The second kappa shape index (κ2) is 6.22. The van der Waals surface area contributed by atoms with Gasteiger partial charge in [-0.15, -0.1) is 0 Å². The summed E-state index contributed by atoms with van der Waals surface area (Å²) in [4.78, 5) is 1.54. The van der Waals surface area contributed by atoms with Gasteiger partial charge in [0.05, 0.1) is 0 Å². The maximum atomic E-state index is 12.4. The van der Waals surface area contributed by atoms with E-state index < -0.39 is 17.9 Å². The number of hydrogen-bond acceptors (Lipinski definition) is 3. The molecule has 0 bridgehead atoms. The fourth-order valence-electron chi connectivity index (χ4n) is 1.03. The number of halogens is 3. The van der Waals surface area contributed by atoms with Crippen LogP contribution in [0.25, 0.3) is 0 Å². The first-order chi connectivity index (χ1) is 6.79. The Morgan fingerprint density at radius 2 is 2.07 bits per heavy atom. The highest BCUT2D eigenvalue weighted by Crippen LogP contribution is 2.26. The lowest BCUT2D eigenvalue weighted by Crippen LogP contribution is -2.43. The molecule has 0 amide bonds. The van der Waals surface area contributed by atoms with Crippen LogP contribution in [0.4, 0.5) is 13.2 Å². The summed E-state index contributed by atoms with van der Waals surface area (Å²) in [6.45, 7) is 0.306. The van der Waals surface area contributed by atoms with Crippen molar-refractivity contribution >= 4 is 17.6 Å². The van der Waals surface area contributed by atoms with E-state index in [4.69, 9.17) is 11.1 Å². The third kappa shape index (κ3) is 5.88. The molecule has 0 aromatic heterocycles. The van der Waals surface area contributed by atoms with Crippen molar-refractivity contribution < 1.29 is 13.2 Å². The molecule has 0 aliphatic rings. The van der Waals surface area contributed by atoms with Crippen LogP contribution in [-0.2, 0) is 0 Å². The highest BCUT2D eigenvalue weighted by molar-refractivity contribution is 7.98. The largest absolute Gasteiger partial charge is 0.399 e. The molecule has 90 valence electrons. The Labute approximate surface area is 91.7 Å². The average Bonchev–Trinajstić information content (AvgIpc) is 2.08. The van der Waals surface area contributed by atoms with E-state index in [0.29, 0.717) is 6.54 Å². The van der Waals surface area contributed by atoms with Gasteiger partial charge in [0.25, 0.3) is 0 Å². The first kappa shape index (κ1) is 14.6. The molecule has 0 rings (SSSR count). The van der Waals surface area contributed by atoms with Crippen LogP contribution in [0.3, 0.4) is 0 Å². The summed E-state index contributed by atoms with van der Waals surface area (Å²) in [6.07, 6.45) is -2.54. The normalized spacial score (nSPS) is 14.3. The summed E-state index contributed by atoms with van der Waals surface area (Å²) in [7, 11) is 1.60. The molecule has 0 radical (unpaired) electrons. The summed E-state index contributed by atoms with van der Waals surface area (Å²) in [5.74, 6) is -1.92. The molecule has 0 fully saturated rings. The highest BCUT2D eigenvalue weighted by Gasteiger charge is 2.42. The summed E-state index contributed by atoms with van der Waals surface area (Å²) in [5, 5.41) is 6.90. The fraction of sp³-hybridized carbons (Fsp3) is 0.875. The van der Waals surface area contributed by atoms with Crippen LogP contribution in [0.1, 0.15) is 0 Å². The van der Waals surface area contributed by atoms with Crippen molar-refractivity contribution in [2.75, 3.05) is 32.1 Å². The van der Waals surface area contributed by atoms with Gasteiger partial charge in [-0.05, 0) is 13.3 Å². The van der Waals surface area contributed by atoms with Crippen LogP contribution >= 0.6 is 11.8 Å². The van der Waals surface area contributed by atoms with E-state index in [1.54, 1.807) is 18.8 Å². The molecule has 15 heavy (non-hydrogen) atoms. The highest BCUT2D eigenvalue weighted by atomic mass is 32.2. The van der Waals surface area contributed by atoms with Gasteiger partial charge in [-0.1, -0.05) is 0 Å². The minimum atomic E-state index is -4.43. The van der Waals surface area contributed by atoms with Crippen molar-refractivity contribution in [3.05, 3.63) is 0 Å². The summed E-state index contributed by atoms with van der Waals surface area (Å²) in [6, 6.07) is 0. The summed E-state index contributed by atoms with van der Waals surface area (Å²) >= 11 is 1.57. The van der Waals surface area contributed by atoms with Gasteiger partial charge in [0.15, 0.2) is 0 Å². The number of alkyl halides is 3. The van der Waals surface area contributed by atoms with Gasteiger partial charge in [0, 0.05) is 18.8 Å². The van der Waals surface area contributed by atoms with Gasteiger partial charge in [0.1, 0.15) is 11.8 Å².